The van der Waals surface area contributed by atoms with E-state index in [1.807, 2.05) is 12.1 Å². The lowest BCUT2D eigenvalue weighted by Gasteiger charge is -2.18. The fourth-order valence-corrected chi connectivity index (χ4v) is 3.14. The molecule has 2 aromatic rings. The lowest BCUT2D eigenvalue weighted by molar-refractivity contribution is -0.122. The molecule has 2 saturated carbocycles. The molecule has 1 amide bonds. The molecule has 0 saturated heterocycles. The Labute approximate surface area is 128 Å². The minimum atomic E-state index is -0.157. The van der Waals surface area contributed by atoms with Crippen molar-refractivity contribution in [3.63, 3.8) is 0 Å². The number of nitrogens with zero attached hydrogens (tertiary/aromatic N) is 2. The average Bonchev–Trinajstić information content (AvgIpc) is 3.40. The van der Waals surface area contributed by atoms with Crippen LogP contribution < -0.4 is 10.9 Å². The molecule has 2 fully saturated rings. The Morgan fingerprint density at radius 1 is 1.23 bits per heavy atom. The van der Waals surface area contributed by atoms with Gasteiger partial charge in [0, 0.05) is 6.04 Å². The molecule has 1 heterocycles. The van der Waals surface area contributed by atoms with E-state index >= 15 is 0 Å². The highest BCUT2D eigenvalue weighted by molar-refractivity contribution is 5.79. The standard InChI is InChI=1S/C17H19N3O2/c21-15(19-16(11-5-6-11)12-7-8-12)9-20-10-18-14-4-2-1-3-13(14)17(20)22/h1-4,10-12,16H,5-9H2,(H,19,21). The van der Waals surface area contributed by atoms with Crippen molar-refractivity contribution >= 4 is 16.8 Å². The fourth-order valence-electron chi connectivity index (χ4n) is 3.14. The number of rotatable bonds is 5. The van der Waals surface area contributed by atoms with E-state index in [0.29, 0.717) is 28.8 Å². The molecule has 0 spiro atoms. The number of benzene rings is 1. The molecule has 0 atom stereocenters. The van der Waals surface area contributed by atoms with Gasteiger partial charge < -0.3 is 5.32 Å². The van der Waals surface area contributed by atoms with Crippen LogP contribution in [0.3, 0.4) is 0 Å². The SMILES string of the molecule is O=C(Cn1cnc2ccccc2c1=O)NC(C1CC1)C1CC1. The molecule has 0 unspecified atom stereocenters. The topological polar surface area (TPSA) is 64.0 Å². The second-order valence-corrected chi connectivity index (χ2v) is 6.46. The molecule has 22 heavy (non-hydrogen) atoms. The second kappa shape index (κ2) is 5.23. The molecule has 0 aliphatic heterocycles. The van der Waals surface area contributed by atoms with Gasteiger partial charge in [0.25, 0.3) is 5.56 Å². The first kappa shape index (κ1) is 13.5. The van der Waals surface area contributed by atoms with Crippen LogP contribution >= 0.6 is 0 Å². The lowest BCUT2D eigenvalue weighted by Crippen LogP contribution is -2.41. The van der Waals surface area contributed by atoms with Gasteiger partial charge >= 0.3 is 0 Å². The first-order valence-corrected chi connectivity index (χ1v) is 7.96. The van der Waals surface area contributed by atoms with E-state index in [9.17, 15) is 9.59 Å². The maximum absolute atomic E-state index is 12.4. The van der Waals surface area contributed by atoms with Gasteiger partial charge in [0.1, 0.15) is 6.54 Å². The molecular weight excluding hydrogens is 278 g/mol. The van der Waals surface area contributed by atoms with Crippen molar-refractivity contribution in [3.8, 4) is 0 Å². The highest BCUT2D eigenvalue weighted by atomic mass is 16.2. The van der Waals surface area contributed by atoms with E-state index < -0.39 is 0 Å². The summed E-state index contributed by atoms with van der Waals surface area (Å²) in [6.45, 7) is 0.0482. The Hall–Kier alpha value is -2.17. The highest BCUT2D eigenvalue weighted by Crippen LogP contribution is 2.44. The summed E-state index contributed by atoms with van der Waals surface area (Å²) in [4.78, 5) is 28.9. The Kier molecular flexibility index (Phi) is 3.21. The Morgan fingerprint density at radius 2 is 1.91 bits per heavy atom. The zero-order valence-electron chi connectivity index (χ0n) is 12.4. The van der Waals surface area contributed by atoms with Crippen molar-refractivity contribution in [1.82, 2.24) is 14.9 Å². The molecular formula is C17H19N3O2. The Morgan fingerprint density at radius 3 is 2.59 bits per heavy atom. The van der Waals surface area contributed by atoms with E-state index in [1.54, 1.807) is 12.1 Å². The van der Waals surface area contributed by atoms with Crippen LogP contribution in [0.1, 0.15) is 25.7 Å². The van der Waals surface area contributed by atoms with Gasteiger partial charge in [-0.05, 0) is 49.7 Å². The Bertz CT molecular complexity index is 763. The van der Waals surface area contributed by atoms with Crippen LogP contribution in [0.5, 0.6) is 0 Å². The number of para-hydroxylation sites is 1. The molecule has 0 bridgehead atoms. The van der Waals surface area contributed by atoms with Crippen molar-refractivity contribution in [2.75, 3.05) is 0 Å². The summed E-state index contributed by atoms with van der Waals surface area (Å²) in [5.74, 6) is 1.23. The number of carbonyl (C=O) groups is 1. The average molecular weight is 297 g/mol. The molecule has 1 aromatic heterocycles. The highest BCUT2D eigenvalue weighted by Gasteiger charge is 2.42. The largest absolute Gasteiger partial charge is 0.351 e. The molecule has 0 radical (unpaired) electrons. The third-order valence-corrected chi connectivity index (χ3v) is 4.63. The van der Waals surface area contributed by atoms with Crippen molar-refractivity contribution in [2.45, 2.75) is 38.3 Å². The number of aromatic nitrogens is 2. The summed E-state index contributed by atoms with van der Waals surface area (Å²) in [6.07, 6.45) is 6.35. The van der Waals surface area contributed by atoms with Gasteiger partial charge in [-0.2, -0.15) is 0 Å². The van der Waals surface area contributed by atoms with Gasteiger partial charge in [-0.3, -0.25) is 14.2 Å². The molecule has 2 aliphatic rings. The Balaban J connectivity index is 1.51. The van der Waals surface area contributed by atoms with Gasteiger partial charge in [-0.25, -0.2) is 4.98 Å². The summed E-state index contributed by atoms with van der Waals surface area (Å²) in [6, 6.07) is 7.53. The predicted molar refractivity (Wildman–Crippen MR) is 83.4 cm³/mol. The zero-order valence-corrected chi connectivity index (χ0v) is 12.4. The number of carbonyl (C=O) groups excluding carboxylic acids is 1. The molecule has 1 N–H and O–H groups in total. The molecule has 2 aliphatic carbocycles. The number of hydrogen-bond donors (Lipinski definition) is 1. The summed E-state index contributed by atoms with van der Waals surface area (Å²) < 4.78 is 1.40. The second-order valence-electron chi connectivity index (χ2n) is 6.46. The summed E-state index contributed by atoms with van der Waals surface area (Å²) in [7, 11) is 0. The molecule has 1 aromatic carbocycles. The van der Waals surface area contributed by atoms with Gasteiger partial charge in [-0.15, -0.1) is 0 Å². The van der Waals surface area contributed by atoms with E-state index in [0.717, 1.165) is 0 Å². The summed E-state index contributed by atoms with van der Waals surface area (Å²) in [5.41, 5.74) is 0.508. The van der Waals surface area contributed by atoms with Crippen LogP contribution in [-0.2, 0) is 11.3 Å². The van der Waals surface area contributed by atoms with Crippen molar-refractivity contribution in [2.24, 2.45) is 11.8 Å². The van der Waals surface area contributed by atoms with Crippen molar-refractivity contribution in [3.05, 3.63) is 40.9 Å². The number of nitrogens with one attached hydrogen (secondary N) is 1. The molecule has 4 rings (SSSR count). The van der Waals surface area contributed by atoms with Crippen LogP contribution in [0.2, 0.25) is 0 Å². The zero-order chi connectivity index (χ0) is 15.1. The lowest BCUT2D eigenvalue weighted by atomic mass is 10.1. The van der Waals surface area contributed by atoms with Crippen LogP contribution in [0, 0.1) is 11.8 Å². The van der Waals surface area contributed by atoms with Gasteiger partial charge in [0.05, 0.1) is 17.2 Å². The van der Waals surface area contributed by atoms with Crippen LogP contribution in [-0.4, -0.2) is 21.5 Å². The minimum Gasteiger partial charge on any atom is -0.351 e. The first-order chi connectivity index (χ1) is 10.7. The molecule has 5 nitrogen and oxygen atoms in total. The minimum absolute atomic E-state index is 0.0482. The third-order valence-electron chi connectivity index (χ3n) is 4.63. The van der Waals surface area contributed by atoms with Crippen molar-refractivity contribution < 1.29 is 4.79 Å². The maximum Gasteiger partial charge on any atom is 0.261 e. The van der Waals surface area contributed by atoms with E-state index in [4.69, 9.17) is 0 Å². The first-order valence-electron chi connectivity index (χ1n) is 7.96. The third kappa shape index (κ3) is 2.63. The molecule has 114 valence electrons. The molecule has 5 heteroatoms. The van der Waals surface area contributed by atoms with Gasteiger partial charge in [-0.1, -0.05) is 12.1 Å². The van der Waals surface area contributed by atoms with Gasteiger partial charge in [0.15, 0.2) is 0 Å². The summed E-state index contributed by atoms with van der Waals surface area (Å²) >= 11 is 0. The number of amides is 1. The number of fused-ring (bicyclic) bond motifs is 1. The number of hydrogen-bond acceptors (Lipinski definition) is 3. The summed E-state index contributed by atoms with van der Waals surface area (Å²) in [5, 5.41) is 3.69. The van der Waals surface area contributed by atoms with Crippen LogP contribution in [0.25, 0.3) is 10.9 Å². The quantitative estimate of drug-likeness (QED) is 0.913. The van der Waals surface area contributed by atoms with Gasteiger partial charge in [0.2, 0.25) is 5.91 Å². The van der Waals surface area contributed by atoms with Crippen molar-refractivity contribution in [1.29, 1.82) is 0 Å². The van der Waals surface area contributed by atoms with E-state index in [1.165, 1.54) is 36.6 Å². The monoisotopic (exact) mass is 297 g/mol. The van der Waals surface area contributed by atoms with Crippen LogP contribution in [0.15, 0.2) is 35.4 Å². The fraction of sp³-hybridized carbons (Fsp3) is 0.471. The van der Waals surface area contributed by atoms with Crippen LogP contribution in [0.4, 0.5) is 0 Å². The predicted octanol–water partition coefficient (Wildman–Crippen LogP) is 1.70. The smallest absolute Gasteiger partial charge is 0.261 e. The van der Waals surface area contributed by atoms with E-state index in [2.05, 4.69) is 10.3 Å². The normalized spacial score (nSPS) is 17.9. The maximum atomic E-state index is 12.4. The van der Waals surface area contributed by atoms with E-state index in [-0.39, 0.29) is 18.0 Å².